The molecule has 0 radical (unpaired) electrons. The average molecular weight is 463 g/mol. The SMILES string of the molecule is CCn1c(Cc2ccccc2)nnc1SC(C)C(=O)NC(C)c1ccc(Cl)cc1Cl. The highest BCUT2D eigenvalue weighted by molar-refractivity contribution is 8.00. The number of carbonyl (C=O) groups excluding carboxylic acids is 1. The van der Waals surface area contributed by atoms with E-state index >= 15 is 0 Å². The smallest absolute Gasteiger partial charge is 0.233 e. The van der Waals surface area contributed by atoms with Gasteiger partial charge in [0.2, 0.25) is 5.91 Å². The van der Waals surface area contributed by atoms with Gasteiger partial charge in [0.25, 0.3) is 0 Å². The fraction of sp³-hybridized carbons (Fsp3) is 0.318. The summed E-state index contributed by atoms with van der Waals surface area (Å²) in [6.45, 7) is 6.55. The molecule has 1 heterocycles. The summed E-state index contributed by atoms with van der Waals surface area (Å²) in [4.78, 5) is 12.7. The van der Waals surface area contributed by atoms with E-state index in [1.807, 2.05) is 38.1 Å². The highest BCUT2D eigenvalue weighted by Crippen LogP contribution is 2.28. The molecule has 0 aliphatic carbocycles. The van der Waals surface area contributed by atoms with Gasteiger partial charge in [0.1, 0.15) is 5.82 Å². The zero-order valence-corrected chi connectivity index (χ0v) is 19.4. The lowest BCUT2D eigenvalue weighted by Gasteiger charge is -2.19. The number of halogens is 2. The van der Waals surface area contributed by atoms with Gasteiger partial charge in [0, 0.05) is 23.0 Å². The minimum Gasteiger partial charge on any atom is -0.349 e. The van der Waals surface area contributed by atoms with Crippen molar-refractivity contribution < 1.29 is 4.79 Å². The molecule has 3 aromatic rings. The number of hydrogen-bond acceptors (Lipinski definition) is 4. The predicted molar refractivity (Wildman–Crippen MR) is 123 cm³/mol. The van der Waals surface area contributed by atoms with Crippen LogP contribution in [0.15, 0.2) is 53.7 Å². The molecule has 0 aliphatic heterocycles. The molecule has 0 bridgehead atoms. The van der Waals surface area contributed by atoms with Crippen molar-refractivity contribution in [2.45, 2.75) is 50.2 Å². The monoisotopic (exact) mass is 462 g/mol. The van der Waals surface area contributed by atoms with E-state index in [2.05, 4.69) is 39.1 Å². The zero-order chi connectivity index (χ0) is 21.7. The first-order chi connectivity index (χ1) is 14.4. The molecule has 0 spiro atoms. The van der Waals surface area contributed by atoms with E-state index in [1.54, 1.807) is 12.1 Å². The Morgan fingerprint density at radius 1 is 1.13 bits per heavy atom. The third kappa shape index (κ3) is 5.56. The third-order valence-electron chi connectivity index (χ3n) is 4.75. The van der Waals surface area contributed by atoms with Crippen molar-refractivity contribution in [2.75, 3.05) is 0 Å². The normalized spacial score (nSPS) is 13.1. The highest BCUT2D eigenvalue weighted by Gasteiger charge is 2.22. The molecular weight excluding hydrogens is 439 g/mol. The Hall–Kier alpha value is -2.02. The van der Waals surface area contributed by atoms with Gasteiger partial charge in [-0.05, 0) is 44.0 Å². The molecular formula is C22H24Cl2N4OS. The average Bonchev–Trinajstić information content (AvgIpc) is 3.09. The van der Waals surface area contributed by atoms with Crippen molar-refractivity contribution >= 4 is 40.9 Å². The van der Waals surface area contributed by atoms with Crippen LogP contribution in [0.4, 0.5) is 0 Å². The number of carbonyl (C=O) groups is 1. The first-order valence-electron chi connectivity index (χ1n) is 9.77. The van der Waals surface area contributed by atoms with Crippen LogP contribution < -0.4 is 5.32 Å². The number of hydrogen-bond donors (Lipinski definition) is 1. The molecule has 0 saturated carbocycles. The summed E-state index contributed by atoms with van der Waals surface area (Å²) in [5, 5.41) is 13.2. The van der Waals surface area contributed by atoms with E-state index < -0.39 is 0 Å². The molecule has 0 saturated heterocycles. The van der Waals surface area contributed by atoms with Crippen molar-refractivity contribution in [3.05, 3.63) is 75.5 Å². The van der Waals surface area contributed by atoms with E-state index in [4.69, 9.17) is 23.2 Å². The predicted octanol–water partition coefficient (Wildman–Crippen LogP) is 5.55. The Bertz CT molecular complexity index is 1010. The van der Waals surface area contributed by atoms with E-state index in [-0.39, 0.29) is 17.2 Å². The van der Waals surface area contributed by atoms with Gasteiger partial charge in [-0.15, -0.1) is 10.2 Å². The van der Waals surface area contributed by atoms with Crippen molar-refractivity contribution in [2.24, 2.45) is 0 Å². The Balaban J connectivity index is 1.66. The molecule has 2 atom stereocenters. The third-order valence-corrected chi connectivity index (χ3v) is 6.40. The molecule has 30 heavy (non-hydrogen) atoms. The Morgan fingerprint density at radius 3 is 2.53 bits per heavy atom. The maximum atomic E-state index is 12.7. The lowest BCUT2D eigenvalue weighted by molar-refractivity contribution is -0.120. The summed E-state index contributed by atoms with van der Waals surface area (Å²) in [6.07, 6.45) is 0.703. The Kier molecular flexibility index (Phi) is 7.81. The van der Waals surface area contributed by atoms with Crippen LogP contribution in [-0.2, 0) is 17.8 Å². The highest BCUT2D eigenvalue weighted by atomic mass is 35.5. The van der Waals surface area contributed by atoms with Crippen LogP contribution in [0.25, 0.3) is 0 Å². The number of benzene rings is 2. The number of aromatic nitrogens is 3. The van der Waals surface area contributed by atoms with Gasteiger partial charge >= 0.3 is 0 Å². The van der Waals surface area contributed by atoms with Gasteiger partial charge in [-0.1, -0.05) is 71.4 Å². The summed E-state index contributed by atoms with van der Waals surface area (Å²) < 4.78 is 2.06. The molecule has 8 heteroatoms. The summed E-state index contributed by atoms with van der Waals surface area (Å²) in [6, 6.07) is 15.2. The van der Waals surface area contributed by atoms with E-state index in [0.29, 0.717) is 16.5 Å². The Morgan fingerprint density at radius 2 is 1.87 bits per heavy atom. The maximum absolute atomic E-state index is 12.7. The minimum absolute atomic E-state index is 0.0891. The van der Waals surface area contributed by atoms with Crippen LogP contribution in [0.3, 0.4) is 0 Å². The van der Waals surface area contributed by atoms with Crippen LogP contribution in [0, 0.1) is 0 Å². The fourth-order valence-corrected chi connectivity index (χ4v) is 4.62. The van der Waals surface area contributed by atoms with Gasteiger partial charge in [-0.2, -0.15) is 0 Å². The van der Waals surface area contributed by atoms with Crippen molar-refractivity contribution in [3.63, 3.8) is 0 Å². The lowest BCUT2D eigenvalue weighted by Crippen LogP contribution is -2.33. The molecule has 5 nitrogen and oxygen atoms in total. The van der Waals surface area contributed by atoms with Crippen molar-refractivity contribution in [3.8, 4) is 0 Å². The largest absolute Gasteiger partial charge is 0.349 e. The van der Waals surface area contributed by atoms with Crippen LogP contribution in [-0.4, -0.2) is 25.9 Å². The molecule has 0 aliphatic rings. The zero-order valence-electron chi connectivity index (χ0n) is 17.1. The molecule has 2 unspecified atom stereocenters. The van der Waals surface area contributed by atoms with Gasteiger partial charge in [0.15, 0.2) is 5.16 Å². The van der Waals surface area contributed by atoms with Crippen LogP contribution in [0.5, 0.6) is 0 Å². The van der Waals surface area contributed by atoms with E-state index in [1.165, 1.54) is 17.3 Å². The number of amides is 1. The van der Waals surface area contributed by atoms with Gasteiger partial charge in [-0.25, -0.2) is 0 Å². The van der Waals surface area contributed by atoms with E-state index in [0.717, 1.165) is 23.1 Å². The van der Waals surface area contributed by atoms with Gasteiger partial charge in [0.05, 0.1) is 11.3 Å². The lowest BCUT2D eigenvalue weighted by atomic mass is 10.1. The minimum atomic E-state index is -0.336. The van der Waals surface area contributed by atoms with Crippen molar-refractivity contribution in [1.29, 1.82) is 0 Å². The second kappa shape index (κ2) is 10.3. The molecule has 3 rings (SSSR count). The quantitative estimate of drug-likeness (QED) is 0.445. The fourth-order valence-electron chi connectivity index (χ4n) is 3.11. The molecule has 158 valence electrons. The summed E-state index contributed by atoms with van der Waals surface area (Å²) >= 11 is 13.6. The Labute approximate surface area is 191 Å². The molecule has 2 aromatic carbocycles. The maximum Gasteiger partial charge on any atom is 0.233 e. The second-order valence-electron chi connectivity index (χ2n) is 6.96. The standard InChI is InChI=1S/C22H24Cl2N4OS/c1-4-28-20(12-16-8-6-5-7-9-16)26-27-22(28)30-15(3)21(29)25-14(2)18-11-10-17(23)13-19(18)24/h5-11,13-15H,4,12H2,1-3H3,(H,25,29). The molecule has 0 fully saturated rings. The van der Waals surface area contributed by atoms with E-state index in [9.17, 15) is 4.79 Å². The van der Waals surface area contributed by atoms with Crippen LogP contribution in [0.1, 0.15) is 43.8 Å². The number of rotatable bonds is 8. The molecule has 1 N–H and O–H groups in total. The number of nitrogens with one attached hydrogen (secondary N) is 1. The van der Waals surface area contributed by atoms with Gasteiger partial charge < -0.3 is 9.88 Å². The van der Waals surface area contributed by atoms with Crippen LogP contribution in [0.2, 0.25) is 10.0 Å². The van der Waals surface area contributed by atoms with Crippen molar-refractivity contribution in [1.82, 2.24) is 20.1 Å². The first kappa shape index (κ1) is 22.7. The molecule has 1 amide bonds. The summed E-state index contributed by atoms with van der Waals surface area (Å²) in [5.41, 5.74) is 2.00. The topological polar surface area (TPSA) is 59.8 Å². The number of nitrogens with zero attached hydrogens (tertiary/aromatic N) is 3. The number of thioether (sulfide) groups is 1. The second-order valence-corrected chi connectivity index (χ2v) is 9.11. The summed E-state index contributed by atoms with van der Waals surface area (Å²) in [7, 11) is 0. The summed E-state index contributed by atoms with van der Waals surface area (Å²) in [5.74, 6) is 0.800. The first-order valence-corrected chi connectivity index (χ1v) is 11.4. The molecule has 1 aromatic heterocycles. The van der Waals surface area contributed by atoms with Gasteiger partial charge in [-0.3, -0.25) is 4.79 Å². The van der Waals surface area contributed by atoms with Crippen LogP contribution >= 0.6 is 35.0 Å².